The molecule has 0 amide bonds. The number of benzene rings is 1. The average Bonchev–Trinajstić information content (AvgIpc) is 3.17. The molecule has 2 fully saturated rings. The van der Waals surface area contributed by atoms with Crippen LogP contribution in [0.4, 0.5) is 0 Å². The number of fused-ring (bicyclic) bond motifs is 4. The maximum Gasteiger partial charge on any atom is 0.232 e. The zero-order chi connectivity index (χ0) is 22.4. The predicted octanol–water partition coefficient (Wildman–Crippen LogP) is 4.42. The van der Waals surface area contributed by atoms with Crippen molar-refractivity contribution in [2.45, 2.75) is 51.6 Å². The average molecular weight is 446 g/mol. The number of carbonyl (C=O) groups excluding carboxylic acids is 1. The summed E-state index contributed by atoms with van der Waals surface area (Å²) in [7, 11) is 0. The van der Waals surface area contributed by atoms with Crippen molar-refractivity contribution in [1.82, 2.24) is 14.8 Å². The lowest BCUT2D eigenvalue weighted by molar-refractivity contribution is 0.0141. The monoisotopic (exact) mass is 445 g/mol. The highest BCUT2D eigenvalue weighted by Crippen LogP contribution is 2.44. The molecule has 6 nitrogen and oxygen atoms in total. The minimum atomic E-state index is -0.0589. The van der Waals surface area contributed by atoms with Gasteiger partial charge in [-0.2, -0.15) is 0 Å². The van der Waals surface area contributed by atoms with Gasteiger partial charge in [0, 0.05) is 31.5 Å². The highest BCUT2D eigenvalue weighted by molar-refractivity contribution is 6.15. The molecule has 5 heterocycles. The van der Waals surface area contributed by atoms with Crippen molar-refractivity contribution in [3.05, 3.63) is 58.6 Å². The normalized spacial score (nSPS) is 26.3. The largest absolute Gasteiger partial charge is 0.478 e. The van der Waals surface area contributed by atoms with Gasteiger partial charge >= 0.3 is 0 Å². The molecule has 0 spiro atoms. The van der Waals surface area contributed by atoms with Crippen molar-refractivity contribution in [3.63, 3.8) is 0 Å². The number of rotatable bonds is 3. The molecule has 2 unspecified atom stereocenters. The van der Waals surface area contributed by atoms with Crippen LogP contribution in [-0.4, -0.2) is 53.0 Å². The summed E-state index contributed by atoms with van der Waals surface area (Å²) in [4.78, 5) is 22.4. The van der Waals surface area contributed by atoms with Gasteiger partial charge in [0.05, 0.1) is 11.1 Å². The van der Waals surface area contributed by atoms with Crippen molar-refractivity contribution in [2.75, 3.05) is 26.4 Å². The Labute approximate surface area is 195 Å². The Morgan fingerprint density at radius 2 is 2.12 bits per heavy atom. The molecule has 2 atom stereocenters. The molecule has 33 heavy (non-hydrogen) atoms. The second kappa shape index (κ2) is 8.58. The van der Waals surface area contributed by atoms with Crippen LogP contribution in [0.15, 0.2) is 36.4 Å². The minimum absolute atomic E-state index is 0.0589. The molecule has 4 aliphatic heterocycles. The fourth-order valence-corrected chi connectivity index (χ4v) is 6.13. The van der Waals surface area contributed by atoms with Crippen LogP contribution in [0.3, 0.4) is 0 Å². The Kier molecular flexibility index (Phi) is 5.43. The van der Waals surface area contributed by atoms with Gasteiger partial charge in [-0.05, 0) is 81.0 Å². The number of aromatic nitrogens is 1. The Morgan fingerprint density at radius 1 is 1.21 bits per heavy atom. The van der Waals surface area contributed by atoms with E-state index in [-0.39, 0.29) is 5.78 Å². The summed E-state index contributed by atoms with van der Waals surface area (Å²) in [6.45, 7) is 6.87. The first-order valence-corrected chi connectivity index (χ1v) is 12.3. The molecular formula is C27H31N3O3. The number of piperidine rings is 2. The molecule has 2 saturated heterocycles. The van der Waals surface area contributed by atoms with Crippen molar-refractivity contribution in [2.24, 2.45) is 5.92 Å². The summed E-state index contributed by atoms with van der Waals surface area (Å²) >= 11 is 0. The van der Waals surface area contributed by atoms with Crippen molar-refractivity contribution >= 4 is 11.9 Å². The lowest BCUT2D eigenvalue weighted by Gasteiger charge is -2.46. The van der Waals surface area contributed by atoms with Crippen molar-refractivity contribution in [3.8, 4) is 11.5 Å². The minimum Gasteiger partial charge on any atom is -0.478 e. The fraction of sp³-hybridized carbons (Fsp3) is 0.481. The van der Waals surface area contributed by atoms with Crippen LogP contribution in [0.2, 0.25) is 0 Å². The Hall–Kier alpha value is -2.70. The Balaban J connectivity index is 1.25. The molecule has 0 bridgehead atoms. The van der Waals surface area contributed by atoms with Crippen LogP contribution in [0.25, 0.3) is 6.08 Å². The van der Waals surface area contributed by atoms with E-state index in [1.54, 1.807) is 18.5 Å². The van der Waals surface area contributed by atoms with Gasteiger partial charge in [0.2, 0.25) is 5.78 Å². The van der Waals surface area contributed by atoms with E-state index >= 15 is 0 Å². The van der Waals surface area contributed by atoms with Gasteiger partial charge < -0.3 is 14.4 Å². The zero-order valence-electron chi connectivity index (χ0n) is 19.3. The Bertz CT molecular complexity index is 1100. The molecule has 6 rings (SSSR count). The van der Waals surface area contributed by atoms with Gasteiger partial charge in [0.15, 0.2) is 5.76 Å². The molecule has 2 aromatic rings. The number of hydrogen-bond donors (Lipinski definition) is 0. The third-order valence-electron chi connectivity index (χ3n) is 7.69. The number of pyridine rings is 1. The predicted molar refractivity (Wildman–Crippen MR) is 126 cm³/mol. The van der Waals surface area contributed by atoms with Gasteiger partial charge in [-0.15, -0.1) is 0 Å². The highest BCUT2D eigenvalue weighted by atomic mass is 16.5. The van der Waals surface area contributed by atoms with Gasteiger partial charge in [0.25, 0.3) is 0 Å². The van der Waals surface area contributed by atoms with E-state index in [9.17, 15) is 4.79 Å². The third-order valence-corrected chi connectivity index (χ3v) is 7.69. The van der Waals surface area contributed by atoms with Crippen LogP contribution in [0.1, 0.15) is 59.2 Å². The smallest absolute Gasteiger partial charge is 0.232 e. The number of Topliss-reactive ketones (excluding diaryl/α,β-unsaturated/α-hetero) is 1. The standard InChI is InChI=1S/C27H31N3O3/c1-18-12-23-21(27-25(18)26(31)24(33-27)13-19-6-4-9-28-14-19)16-29(17-32-23)15-20-7-5-11-30-10-3-2-8-22(20)30/h4,6,9,12-14,20,22H,2-3,5,7-8,10-11,15-17H2,1H3/b24-13-. The summed E-state index contributed by atoms with van der Waals surface area (Å²) in [5.74, 6) is 2.51. The summed E-state index contributed by atoms with van der Waals surface area (Å²) in [5.41, 5.74) is 3.43. The lowest BCUT2D eigenvalue weighted by Crippen LogP contribution is -2.51. The van der Waals surface area contributed by atoms with Crippen molar-refractivity contribution < 1.29 is 14.3 Å². The third kappa shape index (κ3) is 3.85. The van der Waals surface area contributed by atoms with Gasteiger partial charge in [-0.1, -0.05) is 12.5 Å². The number of ether oxygens (including phenoxy) is 2. The topological polar surface area (TPSA) is 54.9 Å². The first-order chi connectivity index (χ1) is 16.2. The summed E-state index contributed by atoms with van der Waals surface area (Å²) in [6, 6.07) is 6.50. The zero-order valence-corrected chi connectivity index (χ0v) is 19.3. The second-order valence-electron chi connectivity index (χ2n) is 9.89. The molecule has 1 aromatic carbocycles. The molecule has 0 N–H and O–H groups in total. The first-order valence-electron chi connectivity index (χ1n) is 12.3. The fourth-order valence-electron chi connectivity index (χ4n) is 6.13. The van der Waals surface area contributed by atoms with Gasteiger partial charge in [-0.3, -0.25) is 14.7 Å². The number of nitrogens with zero attached hydrogens (tertiary/aromatic N) is 3. The van der Waals surface area contributed by atoms with E-state index in [1.807, 2.05) is 25.1 Å². The molecule has 0 aliphatic carbocycles. The van der Waals surface area contributed by atoms with E-state index in [2.05, 4.69) is 14.8 Å². The lowest BCUT2D eigenvalue weighted by atomic mass is 9.83. The van der Waals surface area contributed by atoms with E-state index < -0.39 is 0 Å². The second-order valence-corrected chi connectivity index (χ2v) is 9.89. The van der Waals surface area contributed by atoms with E-state index in [0.717, 1.165) is 35.5 Å². The van der Waals surface area contributed by atoms with Gasteiger partial charge in [0.1, 0.15) is 18.2 Å². The van der Waals surface area contributed by atoms with E-state index in [1.165, 1.54) is 45.2 Å². The SMILES string of the molecule is Cc1cc2c(c3c1C(=O)/C(=C/c1cccnc1)O3)CN(CC1CCCN3CCCCC13)CO2. The summed E-state index contributed by atoms with van der Waals surface area (Å²) < 4.78 is 12.4. The van der Waals surface area contributed by atoms with Crippen LogP contribution < -0.4 is 9.47 Å². The first kappa shape index (κ1) is 20.9. The highest BCUT2D eigenvalue weighted by Gasteiger charge is 2.38. The van der Waals surface area contributed by atoms with E-state index in [4.69, 9.17) is 9.47 Å². The molecule has 0 radical (unpaired) electrons. The molecule has 172 valence electrons. The molecule has 0 saturated carbocycles. The molecule has 6 heteroatoms. The number of carbonyl (C=O) groups is 1. The maximum absolute atomic E-state index is 13.2. The number of aryl methyl sites for hydroxylation is 1. The maximum atomic E-state index is 13.2. The molecule has 4 aliphatic rings. The van der Waals surface area contributed by atoms with E-state index in [0.29, 0.717) is 35.8 Å². The molecule has 1 aromatic heterocycles. The Morgan fingerprint density at radius 3 is 3.00 bits per heavy atom. The number of hydrogen-bond acceptors (Lipinski definition) is 6. The number of ketones is 1. The van der Waals surface area contributed by atoms with Crippen molar-refractivity contribution in [1.29, 1.82) is 0 Å². The summed E-state index contributed by atoms with van der Waals surface area (Å²) in [5, 5.41) is 0. The number of allylic oxidation sites excluding steroid dienone is 1. The van der Waals surface area contributed by atoms with Crippen LogP contribution >= 0.6 is 0 Å². The summed E-state index contributed by atoms with van der Waals surface area (Å²) in [6.07, 6.45) is 11.8. The van der Waals surface area contributed by atoms with Gasteiger partial charge in [-0.25, -0.2) is 0 Å². The van der Waals surface area contributed by atoms with Crippen LogP contribution in [0.5, 0.6) is 11.5 Å². The quantitative estimate of drug-likeness (QED) is 0.652. The van der Waals surface area contributed by atoms with Crippen LogP contribution in [-0.2, 0) is 6.54 Å². The molecular weight excluding hydrogens is 414 g/mol. The van der Waals surface area contributed by atoms with Crippen LogP contribution in [0, 0.1) is 12.8 Å².